The molecule has 4 N–H and O–H groups in total. The van der Waals surface area contributed by atoms with Gasteiger partial charge in [-0.05, 0) is 25.5 Å². The van der Waals surface area contributed by atoms with Gasteiger partial charge >= 0.3 is 0 Å². The van der Waals surface area contributed by atoms with Gasteiger partial charge in [0, 0.05) is 6.54 Å². The van der Waals surface area contributed by atoms with E-state index in [2.05, 4.69) is 5.43 Å². The molecule has 0 spiro atoms. The monoisotopic (exact) mass is 277 g/mol. The van der Waals surface area contributed by atoms with E-state index in [9.17, 15) is 9.90 Å². The summed E-state index contributed by atoms with van der Waals surface area (Å²) in [7, 11) is 1.85. The zero-order valence-electron chi connectivity index (χ0n) is 11.9. The minimum atomic E-state index is -0.684. The topological polar surface area (TPSA) is 78.6 Å². The van der Waals surface area contributed by atoms with E-state index in [1.54, 1.807) is 0 Å². The number of aliphatic hydroxyl groups is 1. The van der Waals surface area contributed by atoms with E-state index in [0.29, 0.717) is 6.54 Å². The third-order valence-electron chi connectivity index (χ3n) is 4.02. The minimum Gasteiger partial charge on any atom is -0.389 e. The third-order valence-corrected chi connectivity index (χ3v) is 4.02. The molecule has 0 bridgehead atoms. The maximum atomic E-state index is 12.1. The van der Waals surface area contributed by atoms with Crippen molar-refractivity contribution in [3.8, 4) is 0 Å². The van der Waals surface area contributed by atoms with Gasteiger partial charge in [-0.2, -0.15) is 0 Å². The Bertz CT molecular complexity index is 444. The Morgan fingerprint density at radius 3 is 2.55 bits per heavy atom. The van der Waals surface area contributed by atoms with Gasteiger partial charge < -0.3 is 5.11 Å². The fourth-order valence-corrected chi connectivity index (χ4v) is 3.07. The Morgan fingerprint density at radius 2 is 2.00 bits per heavy atom. The minimum absolute atomic E-state index is 0.264. The van der Waals surface area contributed by atoms with Gasteiger partial charge in [0.2, 0.25) is 0 Å². The molecule has 1 saturated carbocycles. The molecule has 0 heterocycles. The smallest absolute Gasteiger partial charge is 0.255 e. The predicted octanol–water partition coefficient (Wildman–Crippen LogP) is 0.955. The van der Waals surface area contributed by atoms with Crippen molar-refractivity contribution in [1.82, 2.24) is 10.3 Å². The van der Waals surface area contributed by atoms with Crippen molar-refractivity contribution in [2.45, 2.75) is 37.3 Å². The van der Waals surface area contributed by atoms with Crippen LogP contribution in [0.3, 0.4) is 0 Å². The van der Waals surface area contributed by atoms with Crippen molar-refractivity contribution in [2.24, 2.45) is 5.84 Å². The highest BCUT2D eigenvalue weighted by Crippen LogP contribution is 2.32. The van der Waals surface area contributed by atoms with Crippen LogP contribution in [0.2, 0.25) is 0 Å². The molecule has 1 aromatic rings. The van der Waals surface area contributed by atoms with Crippen LogP contribution in [0, 0.1) is 0 Å². The number of nitrogens with zero attached hydrogens (tertiary/aromatic N) is 1. The molecule has 5 heteroatoms. The van der Waals surface area contributed by atoms with Crippen molar-refractivity contribution in [3.63, 3.8) is 0 Å². The van der Waals surface area contributed by atoms with Crippen LogP contribution in [0.1, 0.15) is 37.3 Å². The number of hydrazine groups is 1. The molecule has 1 unspecified atom stereocenters. The molecule has 0 aromatic heterocycles. The number of carbonyl (C=O) groups is 1. The number of nitrogens with two attached hydrogens (primary N) is 1. The SMILES string of the molecule is CN(CC1(O)CCCC1)C(C(=O)NN)c1ccccc1. The lowest BCUT2D eigenvalue weighted by Crippen LogP contribution is -2.47. The average molecular weight is 277 g/mol. The molecule has 0 radical (unpaired) electrons. The average Bonchev–Trinajstić information content (AvgIpc) is 2.86. The van der Waals surface area contributed by atoms with E-state index in [1.807, 2.05) is 42.3 Å². The van der Waals surface area contributed by atoms with E-state index < -0.39 is 11.6 Å². The van der Waals surface area contributed by atoms with Gasteiger partial charge in [-0.25, -0.2) is 5.84 Å². The molecule has 1 amide bonds. The van der Waals surface area contributed by atoms with Crippen LogP contribution in [-0.4, -0.2) is 35.1 Å². The Morgan fingerprint density at radius 1 is 1.40 bits per heavy atom. The molecule has 0 aliphatic heterocycles. The molecular weight excluding hydrogens is 254 g/mol. The lowest BCUT2D eigenvalue weighted by Gasteiger charge is -2.33. The van der Waals surface area contributed by atoms with Crippen molar-refractivity contribution >= 4 is 5.91 Å². The molecular formula is C15H23N3O2. The number of amides is 1. The fourth-order valence-electron chi connectivity index (χ4n) is 3.07. The van der Waals surface area contributed by atoms with Gasteiger partial charge in [0.1, 0.15) is 6.04 Å². The van der Waals surface area contributed by atoms with Gasteiger partial charge in [0.15, 0.2) is 0 Å². The number of rotatable bonds is 5. The van der Waals surface area contributed by atoms with Gasteiger partial charge in [-0.3, -0.25) is 15.1 Å². The lowest BCUT2D eigenvalue weighted by molar-refractivity contribution is -0.127. The first-order valence-corrected chi connectivity index (χ1v) is 7.04. The van der Waals surface area contributed by atoms with Crippen LogP contribution in [0.15, 0.2) is 30.3 Å². The first-order valence-electron chi connectivity index (χ1n) is 7.04. The largest absolute Gasteiger partial charge is 0.389 e. The highest BCUT2D eigenvalue weighted by Gasteiger charge is 2.35. The standard InChI is InChI=1S/C15H23N3O2/c1-18(11-15(20)9-5-6-10-15)13(14(19)17-16)12-7-3-2-4-8-12/h2-4,7-8,13,20H,5-6,9-11,16H2,1H3,(H,17,19). The van der Waals surface area contributed by atoms with Gasteiger partial charge in [-0.1, -0.05) is 43.2 Å². The molecule has 5 nitrogen and oxygen atoms in total. The second-order valence-electron chi connectivity index (χ2n) is 5.67. The summed E-state index contributed by atoms with van der Waals surface area (Å²) in [6, 6.07) is 9.01. The number of likely N-dealkylation sites (N-methyl/N-ethyl adjacent to an activating group) is 1. The maximum Gasteiger partial charge on any atom is 0.255 e. The fraction of sp³-hybridized carbons (Fsp3) is 0.533. The molecule has 1 fully saturated rings. The highest BCUT2D eigenvalue weighted by atomic mass is 16.3. The molecule has 20 heavy (non-hydrogen) atoms. The second kappa shape index (κ2) is 6.35. The van der Waals surface area contributed by atoms with Gasteiger partial charge in [0.25, 0.3) is 5.91 Å². The summed E-state index contributed by atoms with van der Waals surface area (Å²) in [5.41, 5.74) is 2.41. The van der Waals surface area contributed by atoms with Gasteiger partial charge in [0.05, 0.1) is 5.60 Å². The Hall–Kier alpha value is -1.43. The van der Waals surface area contributed by atoms with Crippen molar-refractivity contribution in [2.75, 3.05) is 13.6 Å². The van der Waals surface area contributed by atoms with Crippen LogP contribution in [0.25, 0.3) is 0 Å². The van der Waals surface area contributed by atoms with E-state index in [-0.39, 0.29) is 5.91 Å². The zero-order valence-corrected chi connectivity index (χ0v) is 11.9. The molecule has 2 rings (SSSR count). The number of nitrogens with one attached hydrogen (secondary N) is 1. The van der Waals surface area contributed by atoms with Crippen molar-refractivity contribution in [3.05, 3.63) is 35.9 Å². The quantitative estimate of drug-likeness (QED) is 0.425. The summed E-state index contributed by atoms with van der Waals surface area (Å²) in [5.74, 6) is 5.04. The Labute approximate surface area is 119 Å². The first kappa shape index (κ1) is 15.0. The van der Waals surface area contributed by atoms with E-state index in [4.69, 9.17) is 5.84 Å². The molecule has 1 aromatic carbocycles. The van der Waals surface area contributed by atoms with Gasteiger partial charge in [-0.15, -0.1) is 0 Å². The first-order chi connectivity index (χ1) is 9.56. The summed E-state index contributed by atoms with van der Waals surface area (Å²) in [6.45, 7) is 0.472. The molecule has 1 aliphatic carbocycles. The number of hydrogen-bond acceptors (Lipinski definition) is 4. The molecule has 0 saturated heterocycles. The van der Waals surface area contributed by atoms with Crippen LogP contribution in [0.5, 0.6) is 0 Å². The van der Waals surface area contributed by atoms with Crippen LogP contribution >= 0.6 is 0 Å². The van der Waals surface area contributed by atoms with Crippen LogP contribution in [-0.2, 0) is 4.79 Å². The molecule has 1 atom stereocenters. The molecule has 110 valence electrons. The number of carbonyl (C=O) groups excluding carboxylic acids is 1. The normalized spacial score (nSPS) is 19.0. The van der Waals surface area contributed by atoms with E-state index in [1.165, 1.54) is 0 Å². The second-order valence-corrected chi connectivity index (χ2v) is 5.67. The number of benzene rings is 1. The predicted molar refractivity (Wildman–Crippen MR) is 77.6 cm³/mol. The zero-order chi connectivity index (χ0) is 14.6. The number of hydrogen-bond donors (Lipinski definition) is 3. The van der Waals surface area contributed by atoms with Crippen molar-refractivity contribution in [1.29, 1.82) is 0 Å². The lowest BCUT2D eigenvalue weighted by atomic mass is 9.99. The van der Waals surface area contributed by atoms with Crippen molar-refractivity contribution < 1.29 is 9.90 Å². The van der Waals surface area contributed by atoms with Crippen LogP contribution in [0.4, 0.5) is 0 Å². The Balaban J connectivity index is 2.16. The van der Waals surface area contributed by atoms with Crippen LogP contribution < -0.4 is 11.3 Å². The summed E-state index contributed by atoms with van der Waals surface area (Å²) < 4.78 is 0. The summed E-state index contributed by atoms with van der Waals surface area (Å²) >= 11 is 0. The van der Waals surface area contributed by atoms with E-state index >= 15 is 0 Å². The summed E-state index contributed by atoms with van der Waals surface area (Å²) in [5, 5.41) is 10.5. The van der Waals surface area contributed by atoms with E-state index in [0.717, 1.165) is 31.2 Å². The Kier molecular flexibility index (Phi) is 4.75. The molecule has 1 aliphatic rings. The summed E-state index contributed by atoms with van der Waals surface area (Å²) in [4.78, 5) is 14.0. The summed E-state index contributed by atoms with van der Waals surface area (Å²) in [6.07, 6.45) is 3.68. The maximum absolute atomic E-state index is 12.1. The highest BCUT2D eigenvalue weighted by molar-refractivity contribution is 5.82. The third kappa shape index (κ3) is 3.36.